The standard InChI is InChI=1S/C16H13F3N2O3S/c1-2-7-20-25(23,24)11-4-6-13(17)12(9-11)16(22)21-10-3-5-14(18)15(19)8-10/h2-6,8-9,20H,1,7H2,(H,21,22). The second-order valence-corrected chi connectivity index (χ2v) is 6.63. The van der Waals surface area contributed by atoms with Crippen LogP contribution in [0, 0.1) is 17.5 Å². The van der Waals surface area contributed by atoms with Gasteiger partial charge in [-0.3, -0.25) is 4.79 Å². The fourth-order valence-electron chi connectivity index (χ4n) is 1.87. The monoisotopic (exact) mass is 370 g/mol. The highest BCUT2D eigenvalue weighted by molar-refractivity contribution is 7.89. The molecule has 0 saturated heterocycles. The number of benzene rings is 2. The van der Waals surface area contributed by atoms with E-state index in [9.17, 15) is 26.4 Å². The molecular weight excluding hydrogens is 357 g/mol. The van der Waals surface area contributed by atoms with Gasteiger partial charge in [0.05, 0.1) is 10.5 Å². The van der Waals surface area contributed by atoms with E-state index in [1.54, 1.807) is 0 Å². The second-order valence-electron chi connectivity index (χ2n) is 4.87. The van der Waals surface area contributed by atoms with E-state index in [1.165, 1.54) is 6.08 Å². The molecule has 132 valence electrons. The Labute approximate surface area is 142 Å². The van der Waals surface area contributed by atoms with Crippen molar-refractivity contribution in [3.8, 4) is 0 Å². The number of nitrogens with one attached hydrogen (secondary N) is 2. The molecule has 0 aliphatic rings. The zero-order chi connectivity index (χ0) is 18.6. The van der Waals surface area contributed by atoms with E-state index in [2.05, 4.69) is 16.6 Å². The molecule has 0 heterocycles. The van der Waals surface area contributed by atoms with Crippen LogP contribution in [-0.2, 0) is 10.0 Å². The molecule has 0 aliphatic carbocycles. The van der Waals surface area contributed by atoms with E-state index in [-0.39, 0.29) is 17.1 Å². The predicted molar refractivity (Wildman–Crippen MR) is 86.1 cm³/mol. The Morgan fingerprint density at radius 3 is 2.36 bits per heavy atom. The van der Waals surface area contributed by atoms with Crippen LogP contribution in [0.15, 0.2) is 53.9 Å². The van der Waals surface area contributed by atoms with Crippen molar-refractivity contribution in [2.45, 2.75) is 4.90 Å². The van der Waals surface area contributed by atoms with E-state index in [0.717, 1.165) is 36.4 Å². The van der Waals surface area contributed by atoms with Gasteiger partial charge in [0.2, 0.25) is 10.0 Å². The molecule has 2 N–H and O–H groups in total. The summed E-state index contributed by atoms with van der Waals surface area (Å²) in [5.41, 5.74) is -0.674. The number of carbonyl (C=O) groups is 1. The maximum Gasteiger partial charge on any atom is 0.258 e. The fourth-order valence-corrected chi connectivity index (χ4v) is 2.89. The highest BCUT2D eigenvalue weighted by atomic mass is 32.2. The van der Waals surface area contributed by atoms with Crippen molar-refractivity contribution in [1.82, 2.24) is 4.72 Å². The van der Waals surface area contributed by atoms with Crippen LogP contribution in [0.2, 0.25) is 0 Å². The smallest absolute Gasteiger partial charge is 0.258 e. The molecule has 0 bridgehead atoms. The van der Waals surface area contributed by atoms with E-state index in [1.807, 2.05) is 0 Å². The Morgan fingerprint density at radius 1 is 1.04 bits per heavy atom. The number of anilines is 1. The van der Waals surface area contributed by atoms with Crippen LogP contribution in [0.25, 0.3) is 0 Å². The summed E-state index contributed by atoms with van der Waals surface area (Å²) < 4.78 is 66.1. The average molecular weight is 370 g/mol. The molecule has 5 nitrogen and oxygen atoms in total. The number of halogens is 3. The Balaban J connectivity index is 2.31. The molecule has 0 aromatic heterocycles. The SMILES string of the molecule is C=CCNS(=O)(=O)c1ccc(F)c(C(=O)Nc2ccc(F)c(F)c2)c1. The average Bonchev–Trinajstić information content (AvgIpc) is 2.56. The molecule has 0 unspecified atom stereocenters. The van der Waals surface area contributed by atoms with Crippen LogP contribution in [0.5, 0.6) is 0 Å². The summed E-state index contributed by atoms with van der Waals surface area (Å²) in [4.78, 5) is 11.8. The van der Waals surface area contributed by atoms with Gasteiger partial charge < -0.3 is 5.32 Å². The van der Waals surface area contributed by atoms with Crippen molar-refractivity contribution in [3.63, 3.8) is 0 Å². The Bertz CT molecular complexity index is 930. The third kappa shape index (κ3) is 4.46. The van der Waals surface area contributed by atoms with Gasteiger partial charge in [0.25, 0.3) is 5.91 Å². The highest BCUT2D eigenvalue weighted by Crippen LogP contribution is 2.18. The van der Waals surface area contributed by atoms with Crippen LogP contribution in [0.3, 0.4) is 0 Å². The first-order valence-corrected chi connectivity index (χ1v) is 8.39. The Kier molecular flexibility index (Phi) is 5.60. The third-order valence-electron chi connectivity index (χ3n) is 3.09. The lowest BCUT2D eigenvalue weighted by Gasteiger charge is -2.09. The minimum Gasteiger partial charge on any atom is -0.322 e. The molecule has 1 amide bonds. The zero-order valence-electron chi connectivity index (χ0n) is 12.7. The van der Waals surface area contributed by atoms with Crippen molar-refractivity contribution >= 4 is 21.6 Å². The summed E-state index contributed by atoms with van der Waals surface area (Å²) >= 11 is 0. The van der Waals surface area contributed by atoms with E-state index in [0.29, 0.717) is 0 Å². The summed E-state index contributed by atoms with van der Waals surface area (Å²) in [7, 11) is -3.96. The van der Waals surface area contributed by atoms with Crippen LogP contribution < -0.4 is 10.0 Å². The van der Waals surface area contributed by atoms with Gasteiger partial charge in [0.1, 0.15) is 5.82 Å². The first kappa shape index (κ1) is 18.7. The lowest BCUT2D eigenvalue weighted by atomic mass is 10.2. The first-order valence-electron chi connectivity index (χ1n) is 6.91. The van der Waals surface area contributed by atoms with E-state index in [4.69, 9.17) is 0 Å². The van der Waals surface area contributed by atoms with E-state index >= 15 is 0 Å². The largest absolute Gasteiger partial charge is 0.322 e. The van der Waals surface area contributed by atoms with Crippen LogP contribution in [0.1, 0.15) is 10.4 Å². The van der Waals surface area contributed by atoms with Crippen molar-refractivity contribution < 1.29 is 26.4 Å². The van der Waals surface area contributed by atoms with Crippen molar-refractivity contribution in [3.05, 3.63) is 72.1 Å². The molecule has 2 rings (SSSR count). The van der Waals surface area contributed by atoms with Crippen molar-refractivity contribution in [2.24, 2.45) is 0 Å². The second kappa shape index (κ2) is 7.49. The van der Waals surface area contributed by atoms with Gasteiger partial charge in [-0.15, -0.1) is 6.58 Å². The number of sulfonamides is 1. The molecule has 0 fully saturated rings. The number of hydrogen-bond donors (Lipinski definition) is 2. The van der Waals surface area contributed by atoms with Crippen molar-refractivity contribution in [1.29, 1.82) is 0 Å². The van der Waals surface area contributed by atoms with Gasteiger partial charge in [0.15, 0.2) is 11.6 Å². The van der Waals surface area contributed by atoms with Gasteiger partial charge in [-0.2, -0.15) is 0 Å². The summed E-state index contributed by atoms with van der Waals surface area (Å²) in [5, 5.41) is 2.17. The molecule has 25 heavy (non-hydrogen) atoms. The van der Waals surface area contributed by atoms with Crippen LogP contribution in [-0.4, -0.2) is 20.9 Å². The lowest BCUT2D eigenvalue weighted by Crippen LogP contribution is -2.24. The van der Waals surface area contributed by atoms with Crippen LogP contribution in [0.4, 0.5) is 18.9 Å². The molecule has 0 radical (unpaired) electrons. The normalized spacial score (nSPS) is 11.2. The number of hydrogen-bond acceptors (Lipinski definition) is 3. The molecule has 2 aromatic rings. The van der Waals surface area contributed by atoms with Crippen LogP contribution >= 0.6 is 0 Å². The minimum absolute atomic E-state index is 0.0455. The first-order chi connectivity index (χ1) is 11.7. The molecule has 9 heteroatoms. The molecule has 0 saturated carbocycles. The molecule has 2 aromatic carbocycles. The number of amides is 1. The van der Waals surface area contributed by atoms with Gasteiger partial charge in [-0.05, 0) is 30.3 Å². The number of carbonyl (C=O) groups excluding carboxylic acids is 1. The van der Waals surface area contributed by atoms with E-state index < -0.39 is 38.9 Å². The van der Waals surface area contributed by atoms with Gasteiger partial charge in [-0.1, -0.05) is 6.08 Å². The topological polar surface area (TPSA) is 75.3 Å². The Morgan fingerprint density at radius 2 is 1.72 bits per heavy atom. The minimum atomic E-state index is -3.96. The van der Waals surface area contributed by atoms with Crippen molar-refractivity contribution in [2.75, 3.05) is 11.9 Å². The third-order valence-corrected chi connectivity index (χ3v) is 4.51. The number of rotatable bonds is 6. The molecule has 0 atom stereocenters. The maximum atomic E-state index is 13.9. The van der Waals surface area contributed by atoms with Gasteiger partial charge >= 0.3 is 0 Å². The molecule has 0 aliphatic heterocycles. The fraction of sp³-hybridized carbons (Fsp3) is 0.0625. The quantitative estimate of drug-likeness (QED) is 0.768. The summed E-state index contributed by atoms with van der Waals surface area (Å²) in [6.45, 7) is 3.32. The molecular formula is C16H13F3N2O3S. The summed E-state index contributed by atoms with van der Waals surface area (Å²) in [5.74, 6) is -4.28. The van der Waals surface area contributed by atoms with Gasteiger partial charge in [0, 0.05) is 18.3 Å². The molecule has 0 spiro atoms. The highest BCUT2D eigenvalue weighted by Gasteiger charge is 2.19. The van der Waals surface area contributed by atoms with Gasteiger partial charge in [-0.25, -0.2) is 26.3 Å². The lowest BCUT2D eigenvalue weighted by molar-refractivity contribution is 0.102. The summed E-state index contributed by atoms with van der Waals surface area (Å²) in [6, 6.07) is 5.26. The maximum absolute atomic E-state index is 13.9. The zero-order valence-corrected chi connectivity index (χ0v) is 13.5. The summed E-state index contributed by atoms with van der Waals surface area (Å²) in [6.07, 6.45) is 1.32. The predicted octanol–water partition coefficient (Wildman–Crippen LogP) is 2.82. The Hall–Kier alpha value is -2.65.